The van der Waals surface area contributed by atoms with E-state index >= 15 is 0 Å². The lowest BCUT2D eigenvalue weighted by molar-refractivity contribution is 0.145. The van der Waals surface area contributed by atoms with E-state index in [0.717, 1.165) is 31.9 Å². The summed E-state index contributed by atoms with van der Waals surface area (Å²) in [6.07, 6.45) is 0.916. The van der Waals surface area contributed by atoms with Crippen molar-refractivity contribution in [2.24, 2.45) is 10.7 Å². The number of hydrogen-bond donors (Lipinski definition) is 2. The third kappa shape index (κ3) is 7.34. The molecule has 3 N–H and O–H groups in total. The average molecular weight is 322 g/mol. The molecule has 0 amide bonds. The molecule has 0 aliphatic rings. The third-order valence-corrected chi connectivity index (χ3v) is 3.53. The summed E-state index contributed by atoms with van der Waals surface area (Å²) < 4.78 is 10.5. The second kappa shape index (κ2) is 10.9. The first-order chi connectivity index (χ1) is 11.1. The Bertz CT molecular complexity index is 460. The van der Waals surface area contributed by atoms with Crippen LogP contribution in [0.1, 0.15) is 24.9 Å². The molecule has 1 unspecified atom stereocenters. The maximum atomic E-state index is 5.92. The lowest BCUT2D eigenvalue weighted by Gasteiger charge is -2.23. The van der Waals surface area contributed by atoms with Crippen molar-refractivity contribution < 1.29 is 9.47 Å². The molecule has 1 aromatic carbocycles. The molecule has 0 aliphatic heterocycles. The average Bonchev–Trinajstić information content (AvgIpc) is 2.55. The van der Waals surface area contributed by atoms with Crippen molar-refractivity contribution in [3.63, 3.8) is 0 Å². The van der Waals surface area contributed by atoms with Gasteiger partial charge in [-0.25, -0.2) is 0 Å². The van der Waals surface area contributed by atoms with Gasteiger partial charge >= 0.3 is 0 Å². The van der Waals surface area contributed by atoms with Crippen molar-refractivity contribution in [3.05, 3.63) is 29.8 Å². The fourth-order valence-electron chi connectivity index (χ4n) is 2.17. The van der Waals surface area contributed by atoms with E-state index in [9.17, 15) is 0 Å². The molecule has 1 atom stereocenters. The molecule has 23 heavy (non-hydrogen) atoms. The Morgan fingerprint density at radius 1 is 1.30 bits per heavy atom. The summed E-state index contributed by atoms with van der Waals surface area (Å²) in [5.74, 6) is 1.33. The number of hydrogen-bond acceptors (Lipinski definition) is 4. The van der Waals surface area contributed by atoms with Gasteiger partial charge in [0.25, 0.3) is 0 Å². The number of rotatable bonds is 10. The Labute approximate surface area is 139 Å². The van der Waals surface area contributed by atoms with Crippen LogP contribution in [0.3, 0.4) is 0 Å². The highest BCUT2D eigenvalue weighted by Gasteiger charge is 2.13. The van der Waals surface area contributed by atoms with E-state index in [2.05, 4.69) is 27.3 Å². The van der Waals surface area contributed by atoms with Crippen LogP contribution in [0.5, 0.6) is 5.75 Å². The smallest absolute Gasteiger partial charge is 0.188 e. The highest BCUT2D eigenvalue weighted by atomic mass is 16.5. The summed E-state index contributed by atoms with van der Waals surface area (Å²) in [5.41, 5.74) is 7.10. The minimum absolute atomic E-state index is 0.171. The van der Waals surface area contributed by atoms with E-state index in [1.165, 1.54) is 5.56 Å². The van der Waals surface area contributed by atoms with Gasteiger partial charge in [0.2, 0.25) is 0 Å². The fraction of sp³-hybridized carbons (Fsp3) is 0.588. The van der Waals surface area contributed by atoms with Crippen LogP contribution in [0.25, 0.3) is 0 Å². The Morgan fingerprint density at radius 3 is 2.57 bits per heavy atom. The predicted octanol–water partition coefficient (Wildman–Crippen LogP) is 1.63. The zero-order valence-corrected chi connectivity index (χ0v) is 14.7. The molecule has 6 heteroatoms. The van der Waals surface area contributed by atoms with Crippen LogP contribution >= 0.6 is 0 Å². The maximum absolute atomic E-state index is 5.92. The number of benzene rings is 1. The van der Waals surface area contributed by atoms with Crippen molar-refractivity contribution >= 4 is 5.96 Å². The Morgan fingerprint density at radius 2 is 2.00 bits per heavy atom. The molecule has 0 saturated carbocycles. The van der Waals surface area contributed by atoms with Gasteiger partial charge < -0.3 is 25.4 Å². The number of aliphatic imine (C=N–C) groups is 1. The third-order valence-electron chi connectivity index (χ3n) is 3.53. The van der Waals surface area contributed by atoms with Gasteiger partial charge in [-0.05, 0) is 45.1 Å². The molecule has 0 bridgehead atoms. The van der Waals surface area contributed by atoms with Crippen molar-refractivity contribution in [2.45, 2.75) is 19.4 Å². The minimum Gasteiger partial charge on any atom is -0.497 e. The first-order valence-electron chi connectivity index (χ1n) is 8.00. The number of likely N-dealkylation sites (N-methyl/N-ethyl adjacent to an activating group) is 1. The first kappa shape index (κ1) is 19.3. The highest BCUT2D eigenvalue weighted by Crippen LogP contribution is 2.21. The van der Waals surface area contributed by atoms with Crippen LogP contribution < -0.4 is 15.8 Å². The van der Waals surface area contributed by atoms with E-state index in [1.54, 1.807) is 7.11 Å². The summed E-state index contributed by atoms with van der Waals surface area (Å²) in [4.78, 5) is 6.58. The summed E-state index contributed by atoms with van der Waals surface area (Å²) >= 11 is 0. The van der Waals surface area contributed by atoms with E-state index in [1.807, 2.05) is 33.2 Å². The molecule has 130 valence electrons. The second-order valence-corrected chi connectivity index (χ2v) is 5.46. The maximum Gasteiger partial charge on any atom is 0.188 e. The van der Waals surface area contributed by atoms with Crippen molar-refractivity contribution in [1.82, 2.24) is 10.2 Å². The number of nitrogens with zero attached hydrogens (tertiary/aromatic N) is 2. The molecule has 0 aromatic heterocycles. The molecule has 0 heterocycles. The van der Waals surface area contributed by atoms with Crippen LogP contribution in [0, 0.1) is 0 Å². The fourth-order valence-corrected chi connectivity index (χ4v) is 2.17. The van der Waals surface area contributed by atoms with Crippen LogP contribution in [0.2, 0.25) is 0 Å². The van der Waals surface area contributed by atoms with Gasteiger partial charge in [0.05, 0.1) is 19.7 Å². The molecule has 0 fully saturated rings. The van der Waals surface area contributed by atoms with Gasteiger partial charge in [0.1, 0.15) is 5.75 Å². The van der Waals surface area contributed by atoms with Gasteiger partial charge in [-0.1, -0.05) is 12.1 Å². The molecular weight excluding hydrogens is 292 g/mol. The van der Waals surface area contributed by atoms with Gasteiger partial charge in [-0.2, -0.15) is 0 Å². The lowest BCUT2D eigenvalue weighted by Crippen LogP contribution is -2.34. The molecule has 0 spiro atoms. The first-order valence-corrected chi connectivity index (χ1v) is 8.00. The quantitative estimate of drug-likeness (QED) is 0.389. The minimum atomic E-state index is 0.171. The molecule has 6 nitrogen and oxygen atoms in total. The largest absolute Gasteiger partial charge is 0.497 e. The van der Waals surface area contributed by atoms with Crippen LogP contribution in [-0.2, 0) is 4.74 Å². The van der Waals surface area contributed by atoms with Gasteiger partial charge in [-0.3, -0.25) is 4.99 Å². The predicted molar refractivity (Wildman–Crippen MR) is 95.0 cm³/mol. The molecule has 0 saturated heterocycles. The number of ether oxygens (including phenoxy) is 2. The highest BCUT2D eigenvalue weighted by molar-refractivity contribution is 5.77. The van der Waals surface area contributed by atoms with Crippen molar-refractivity contribution in [2.75, 3.05) is 47.5 Å². The Kier molecular flexibility index (Phi) is 9.09. The van der Waals surface area contributed by atoms with E-state index in [4.69, 9.17) is 15.2 Å². The number of methoxy groups -OCH3 is 1. The number of nitrogens with two attached hydrogens (primary N) is 1. The molecule has 0 aliphatic carbocycles. The van der Waals surface area contributed by atoms with Crippen LogP contribution in [-0.4, -0.2) is 58.4 Å². The lowest BCUT2D eigenvalue weighted by atomic mass is 10.1. The number of guanidine groups is 1. The van der Waals surface area contributed by atoms with Gasteiger partial charge in [0.15, 0.2) is 5.96 Å². The van der Waals surface area contributed by atoms with Crippen LogP contribution in [0.15, 0.2) is 29.3 Å². The molecule has 0 radical (unpaired) electrons. The summed E-state index contributed by atoms with van der Waals surface area (Å²) in [6, 6.07) is 8.22. The summed E-state index contributed by atoms with van der Waals surface area (Å²) in [7, 11) is 5.74. The molecule has 1 rings (SSSR count). The summed E-state index contributed by atoms with van der Waals surface area (Å²) in [6.45, 7) is 4.84. The topological polar surface area (TPSA) is 72.1 Å². The number of nitrogens with one attached hydrogen (secondary N) is 1. The summed E-state index contributed by atoms with van der Waals surface area (Å²) in [5, 5.41) is 3.11. The monoisotopic (exact) mass is 322 g/mol. The van der Waals surface area contributed by atoms with Gasteiger partial charge in [0, 0.05) is 19.8 Å². The Hall–Kier alpha value is -1.79. The van der Waals surface area contributed by atoms with E-state index < -0.39 is 0 Å². The SMILES string of the molecule is CCOCCCNC(N)=NCC(c1ccc(OC)cc1)N(C)C. The standard InChI is InChI=1S/C17H30N4O2/c1-5-23-12-6-11-19-17(18)20-13-16(21(2)3)14-7-9-15(22-4)10-8-14/h7-10,16H,5-6,11-13H2,1-4H3,(H3,18,19,20). The molecule has 1 aromatic rings. The zero-order valence-electron chi connectivity index (χ0n) is 14.7. The van der Waals surface area contributed by atoms with Crippen molar-refractivity contribution in [1.29, 1.82) is 0 Å². The van der Waals surface area contributed by atoms with Crippen molar-refractivity contribution in [3.8, 4) is 5.75 Å². The van der Waals surface area contributed by atoms with Crippen LogP contribution in [0.4, 0.5) is 0 Å². The normalized spacial score (nSPS) is 13.2. The molecular formula is C17H30N4O2. The van der Waals surface area contributed by atoms with E-state index in [0.29, 0.717) is 12.5 Å². The Balaban J connectivity index is 2.53. The van der Waals surface area contributed by atoms with Gasteiger partial charge in [-0.15, -0.1) is 0 Å². The van der Waals surface area contributed by atoms with E-state index in [-0.39, 0.29) is 6.04 Å². The zero-order chi connectivity index (χ0) is 17.1. The second-order valence-electron chi connectivity index (χ2n) is 5.46.